The van der Waals surface area contributed by atoms with Gasteiger partial charge in [-0.05, 0) is 54.8 Å². The smallest absolute Gasteiger partial charge is 0.228 e. The number of hydrogen-bond donors (Lipinski definition) is 3. The molecule has 1 aliphatic carbocycles. The van der Waals surface area contributed by atoms with Crippen molar-refractivity contribution in [2.24, 2.45) is 0 Å². The fourth-order valence-electron chi connectivity index (χ4n) is 3.85. The Labute approximate surface area is 189 Å². The summed E-state index contributed by atoms with van der Waals surface area (Å²) in [5.74, 6) is 1.53. The number of hydrogen-bond acceptors (Lipinski definition) is 6. The Hall–Kier alpha value is -4.40. The molecule has 1 aromatic carbocycles. The van der Waals surface area contributed by atoms with Gasteiger partial charge in [-0.1, -0.05) is 6.58 Å². The second-order valence-corrected chi connectivity index (χ2v) is 8.28. The van der Waals surface area contributed by atoms with Crippen LogP contribution in [0.25, 0.3) is 17.4 Å². The van der Waals surface area contributed by atoms with Crippen LogP contribution in [0.1, 0.15) is 24.8 Å². The maximum atomic E-state index is 11.7. The molecule has 4 aromatic rings. The number of benzene rings is 1. The first-order valence-corrected chi connectivity index (χ1v) is 10.8. The zero-order valence-electron chi connectivity index (χ0n) is 17.8. The molecule has 1 saturated carbocycles. The zero-order chi connectivity index (χ0) is 22.4. The van der Waals surface area contributed by atoms with Gasteiger partial charge in [0.2, 0.25) is 5.91 Å². The maximum Gasteiger partial charge on any atom is 0.228 e. The van der Waals surface area contributed by atoms with Crippen LogP contribution in [0.3, 0.4) is 0 Å². The Bertz CT molecular complexity index is 1390. The standard InChI is InChI=1S/C24H22N8O/c1-15-16(12-23(33)27-15)11-17-14-26-32-22(29-19-3-4-19)13-21(30-24(17)32)28-18-5-7-20(8-6-18)31-10-2-9-25-31/h2,5-11,13-14,19,29H,1,3-4,12H2,(H,27,33)(H,28,30)/b16-11+. The van der Waals surface area contributed by atoms with Gasteiger partial charge >= 0.3 is 0 Å². The van der Waals surface area contributed by atoms with E-state index < -0.39 is 0 Å². The number of carbonyl (C=O) groups excluding carboxylic acids is 1. The fraction of sp³-hybridized carbons (Fsp3) is 0.167. The number of anilines is 3. The number of fused-ring (bicyclic) bond motifs is 1. The molecule has 0 bridgehead atoms. The minimum absolute atomic E-state index is 0.0484. The summed E-state index contributed by atoms with van der Waals surface area (Å²) in [6.07, 6.45) is 9.96. The highest BCUT2D eigenvalue weighted by Crippen LogP contribution is 2.29. The van der Waals surface area contributed by atoms with Gasteiger partial charge in [0.05, 0.1) is 18.3 Å². The van der Waals surface area contributed by atoms with Crippen molar-refractivity contribution in [1.29, 1.82) is 0 Å². The highest BCUT2D eigenvalue weighted by Gasteiger charge is 2.24. The number of allylic oxidation sites excluding steroid dienone is 1. The summed E-state index contributed by atoms with van der Waals surface area (Å²) in [7, 11) is 0. The second kappa shape index (κ2) is 7.63. The Balaban J connectivity index is 1.35. The van der Waals surface area contributed by atoms with Crippen LogP contribution >= 0.6 is 0 Å². The maximum absolute atomic E-state index is 11.7. The van der Waals surface area contributed by atoms with E-state index in [2.05, 4.69) is 32.7 Å². The third-order valence-corrected chi connectivity index (χ3v) is 5.70. The van der Waals surface area contributed by atoms with E-state index in [0.717, 1.165) is 41.2 Å². The Morgan fingerprint density at radius 1 is 1.18 bits per heavy atom. The van der Waals surface area contributed by atoms with Crippen LogP contribution in [0.4, 0.5) is 17.3 Å². The highest BCUT2D eigenvalue weighted by atomic mass is 16.1. The van der Waals surface area contributed by atoms with Crippen molar-refractivity contribution in [3.8, 4) is 5.69 Å². The molecule has 1 saturated heterocycles. The SMILES string of the molecule is C=C1NC(=O)C/C1=C\c1cnn2c(NC3CC3)cc(Nc3ccc(-n4cccn4)cc3)nc12. The van der Waals surface area contributed by atoms with Crippen LogP contribution in [0.2, 0.25) is 0 Å². The first kappa shape index (κ1) is 19.3. The van der Waals surface area contributed by atoms with Crippen LogP contribution in [0, 0.1) is 0 Å². The van der Waals surface area contributed by atoms with E-state index in [1.54, 1.807) is 12.4 Å². The van der Waals surface area contributed by atoms with Crippen molar-refractivity contribution in [2.75, 3.05) is 10.6 Å². The summed E-state index contributed by atoms with van der Waals surface area (Å²) < 4.78 is 3.62. The summed E-state index contributed by atoms with van der Waals surface area (Å²) in [4.78, 5) is 16.5. The first-order chi connectivity index (χ1) is 16.1. The quantitative estimate of drug-likeness (QED) is 0.425. The molecule has 4 heterocycles. The van der Waals surface area contributed by atoms with Crippen molar-refractivity contribution in [1.82, 2.24) is 29.7 Å². The summed E-state index contributed by atoms with van der Waals surface area (Å²) >= 11 is 0. The molecule has 33 heavy (non-hydrogen) atoms. The predicted octanol–water partition coefficient (Wildman–Crippen LogP) is 3.65. The molecular weight excluding hydrogens is 416 g/mol. The van der Waals surface area contributed by atoms with Crippen LogP contribution in [-0.2, 0) is 4.79 Å². The van der Waals surface area contributed by atoms with Crippen LogP contribution in [-0.4, -0.2) is 36.3 Å². The molecule has 1 amide bonds. The molecule has 9 nitrogen and oxygen atoms in total. The molecule has 0 spiro atoms. The van der Waals surface area contributed by atoms with Crippen molar-refractivity contribution in [3.05, 3.63) is 78.4 Å². The van der Waals surface area contributed by atoms with E-state index in [-0.39, 0.29) is 5.91 Å². The van der Waals surface area contributed by atoms with Gasteiger partial charge in [-0.15, -0.1) is 0 Å². The van der Waals surface area contributed by atoms with Crippen LogP contribution < -0.4 is 16.0 Å². The Morgan fingerprint density at radius 3 is 2.73 bits per heavy atom. The molecule has 9 heteroatoms. The van der Waals surface area contributed by atoms with Gasteiger partial charge in [0.1, 0.15) is 11.6 Å². The lowest BCUT2D eigenvalue weighted by molar-refractivity contribution is -0.118. The molecule has 2 aliphatic rings. The largest absolute Gasteiger partial charge is 0.367 e. The van der Waals surface area contributed by atoms with E-state index in [1.165, 1.54) is 0 Å². The lowest BCUT2D eigenvalue weighted by Crippen LogP contribution is -2.10. The molecule has 1 aliphatic heterocycles. The summed E-state index contributed by atoms with van der Waals surface area (Å²) in [6, 6.07) is 12.3. The van der Waals surface area contributed by atoms with Crippen molar-refractivity contribution in [3.63, 3.8) is 0 Å². The topological polar surface area (TPSA) is 101 Å². The Kier molecular flexibility index (Phi) is 4.46. The summed E-state index contributed by atoms with van der Waals surface area (Å²) in [5, 5.41) is 18.5. The molecular formula is C24H22N8O. The lowest BCUT2D eigenvalue weighted by atomic mass is 10.1. The van der Waals surface area contributed by atoms with E-state index in [0.29, 0.717) is 29.6 Å². The van der Waals surface area contributed by atoms with Gasteiger partial charge in [0, 0.05) is 41.4 Å². The lowest BCUT2D eigenvalue weighted by Gasteiger charge is -2.12. The second-order valence-electron chi connectivity index (χ2n) is 8.28. The molecule has 0 radical (unpaired) electrons. The fourth-order valence-corrected chi connectivity index (χ4v) is 3.85. The molecule has 0 atom stereocenters. The summed E-state index contributed by atoms with van der Waals surface area (Å²) in [6.45, 7) is 3.93. The number of amides is 1. The van der Waals surface area contributed by atoms with Crippen LogP contribution in [0.5, 0.6) is 0 Å². The third-order valence-electron chi connectivity index (χ3n) is 5.70. The normalized spacial score (nSPS) is 17.0. The van der Waals surface area contributed by atoms with Gasteiger partial charge < -0.3 is 16.0 Å². The molecule has 6 rings (SSSR count). The number of nitrogens with one attached hydrogen (secondary N) is 3. The number of aromatic nitrogens is 5. The van der Waals surface area contributed by atoms with E-state index >= 15 is 0 Å². The third kappa shape index (κ3) is 3.84. The van der Waals surface area contributed by atoms with E-state index in [1.807, 2.05) is 57.9 Å². The monoisotopic (exact) mass is 438 g/mol. The van der Waals surface area contributed by atoms with Crippen LogP contribution in [0.15, 0.2) is 72.8 Å². The number of nitrogens with zero attached hydrogens (tertiary/aromatic N) is 5. The van der Waals surface area contributed by atoms with Crippen molar-refractivity contribution in [2.45, 2.75) is 25.3 Å². The average molecular weight is 438 g/mol. The van der Waals surface area contributed by atoms with Gasteiger partial charge in [0.25, 0.3) is 0 Å². The first-order valence-electron chi connectivity index (χ1n) is 10.8. The highest BCUT2D eigenvalue weighted by molar-refractivity contribution is 5.89. The predicted molar refractivity (Wildman–Crippen MR) is 126 cm³/mol. The zero-order valence-corrected chi connectivity index (χ0v) is 17.8. The van der Waals surface area contributed by atoms with Gasteiger partial charge in [-0.3, -0.25) is 4.79 Å². The van der Waals surface area contributed by atoms with Gasteiger partial charge in [-0.2, -0.15) is 14.7 Å². The van der Waals surface area contributed by atoms with Gasteiger partial charge in [0.15, 0.2) is 5.65 Å². The van der Waals surface area contributed by atoms with Crippen molar-refractivity contribution >= 4 is 35.0 Å². The van der Waals surface area contributed by atoms with E-state index in [9.17, 15) is 4.79 Å². The minimum Gasteiger partial charge on any atom is -0.367 e. The minimum atomic E-state index is -0.0484. The molecule has 0 unspecified atom stereocenters. The number of carbonyl (C=O) groups is 1. The van der Waals surface area contributed by atoms with Crippen molar-refractivity contribution < 1.29 is 4.79 Å². The van der Waals surface area contributed by atoms with E-state index in [4.69, 9.17) is 4.98 Å². The van der Waals surface area contributed by atoms with Gasteiger partial charge in [-0.25, -0.2) is 9.67 Å². The Morgan fingerprint density at radius 2 is 2.03 bits per heavy atom. The number of rotatable bonds is 6. The molecule has 3 N–H and O–H groups in total. The molecule has 3 aromatic heterocycles. The molecule has 2 fully saturated rings. The molecule has 164 valence electrons. The summed E-state index contributed by atoms with van der Waals surface area (Å²) in [5.41, 5.74) is 4.91. The average Bonchev–Trinajstić information content (AvgIpc) is 3.17.